The van der Waals surface area contributed by atoms with Crippen LogP contribution in [0.15, 0.2) is 23.1 Å². The lowest BCUT2D eigenvalue weighted by Gasteiger charge is -2.26. The van der Waals surface area contributed by atoms with Crippen LogP contribution in [0, 0.1) is 0 Å². The summed E-state index contributed by atoms with van der Waals surface area (Å²) in [6.07, 6.45) is 0. The maximum absolute atomic E-state index is 11.6. The molecule has 0 saturated carbocycles. The Hall–Kier alpha value is -1.20. The monoisotopic (exact) mass is 239 g/mol. The van der Waals surface area contributed by atoms with E-state index in [9.17, 15) is 4.79 Å². The topological polar surface area (TPSA) is 61.5 Å². The normalized spacial score (nSPS) is 15.6. The minimum atomic E-state index is -0.352. The van der Waals surface area contributed by atoms with Crippen molar-refractivity contribution >= 4 is 23.4 Å². The summed E-state index contributed by atoms with van der Waals surface area (Å²) >= 11 is 1.58. The van der Waals surface area contributed by atoms with Gasteiger partial charge in [0, 0.05) is 10.6 Å². The minimum absolute atomic E-state index is 0.352. The Bertz CT molecular complexity index is 404. The molecule has 4 nitrogen and oxygen atoms in total. The minimum Gasteiger partial charge on any atom is -0.465 e. The van der Waals surface area contributed by atoms with Crippen LogP contribution < -0.4 is 5.73 Å². The number of benzene rings is 1. The zero-order valence-corrected chi connectivity index (χ0v) is 9.75. The molecule has 1 fully saturated rings. The predicted octanol–water partition coefficient (Wildman–Crippen LogP) is 1.55. The van der Waals surface area contributed by atoms with Gasteiger partial charge in [-0.05, 0) is 12.1 Å². The van der Waals surface area contributed by atoms with Crippen LogP contribution in [-0.4, -0.2) is 31.5 Å². The van der Waals surface area contributed by atoms with Crippen LogP contribution in [0.1, 0.15) is 10.4 Å². The van der Waals surface area contributed by atoms with Crippen LogP contribution in [0.25, 0.3) is 0 Å². The highest BCUT2D eigenvalue weighted by Crippen LogP contribution is 2.35. The highest BCUT2D eigenvalue weighted by atomic mass is 32.2. The molecule has 1 aromatic carbocycles. The Kier molecular flexibility index (Phi) is 3.36. The zero-order valence-electron chi connectivity index (χ0n) is 8.93. The summed E-state index contributed by atoms with van der Waals surface area (Å²) in [5.74, 6) is -0.352. The van der Waals surface area contributed by atoms with Gasteiger partial charge >= 0.3 is 5.97 Å². The van der Waals surface area contributed by atoms with Gasteiger partial charge < -0.3 is 15.2 Å². The van der Waals surface area contributed by atoms with Gasteiger partial charge in [-0.25, -0.2) is 4.79 Å². The van der Waals surface area contributed by atoms with Crippen LogP contribution >= 0.6 is 11.8 Å². The Morgan fingerprint density at radius 2 is 2.31 bits per heavy atom. The summed E-state index contributed by atoms with van der Waals surface area (Å²) in [5.41, 5.74) is 7.01. The van der Waals surface area contributed by atoms with Crippen LogP contribution in [0.2, 0.25) is 0 Å². The molecule has 1 aliphatic heterocycles. The molecule has 2 rings (SSSR count). The van der Waals surface area contributed by atoms with Crippen molar-refractivity contribution in [2.24, 2.45) is 0 Å². The molecule has 2 N–H and O–H groups in total. The number of nitrogen functional groups attached to an aromatic ring is 1. The predicted molar refractivity (Wildman–Crippen MR) is 62.7 cm³/mol. The van der Waals surface area contributed by atoms with Gasteiger partial charge in [-0.2, -0.15) is 0 Å². The van der Waals surface area contributed by atoms with Crippen LogP contribution in [0.3, 0.4) is 0 Å². The van der Waals surface area contributed by atoms with Gasteiger partial charge in [0.15, 0.2) is 0 Å². The number of hydrogen-bond donors (Lipinski definition) is 1. The molecule has 1 aliphatic rings. The van der Waals surface area contributed by atoms with E-state index < -0.39 is 0 Å². The summed E-state index contributed by atoms with van der Waals surface area (Å²) in [7, 11) is 1.37. The lowest BCUT2D eigenvalue weighted by Crippen LogP contribution is -2.30. The van der Waals surface area contributed by atoms with Crippen molar-refractivity contribution in [3.05, 3.63) is 23.8 Å². The number of nitrogens with two attached hydrogens (primary N) is 1. The first-order valence-electron chi connectivity index (χ1n) is 4.93. The Morgan fingerprint density at radius 3 is 2.88 bits per heavy atom. The van der Waals surface area contributed by atoms with E-state index in [1.807, 2.05) is 0 Å². The van der Waals surface area contributed by atoms with Crippen LogP contribution in [0.5, 0.6) is 0 Å². The zero-order chi connectivity index (χ0) is 11.5. The molecule has 5 heteroatoms. The SMILES string of the molecule is COC(=O)c1cccc(N)c1SC1COC1. The molecule has 0 atom stereocenters. The Labute approximate surface area is 98.1 Å². The number of rotatable bonds is 3. The van der Waals surface area contributed by atoms with Crippen molar-refractivity contribution in [2.75, 3.05) is 26.1 Å². The van der Waals surface area contributed by atoms with E-state index in [1.54, 1.807) is 30.0 Å². The van der Waals surface area contributed by atoms with Gasteiger partial charge in [-0.3, -0.25) is 0 Å². The highest BCUT2D eigenvalue weighted by Gasteiger charge is 2.24. The van der Waals surface area contributed by atoms with Crippen molar-refractivity contribution in [1.29, 1.82) is 0 Å². The molecule has 16 heavy (non-hydrogen) atoms. The molecule has 0 amide bonds. The molecule has 86 valence electrons. The van der Waals surface area contributed by atoms with E-state index in [4.69, 9.17) is 15.2 Å². The molecule has 0 aliphatic carbocycles. The fourth-order valence-electron chi connectivity index (χ4n) is 1.41. The highest BCUT2D eigenvalue weighted by molar-refractivity contribution is 8.00. The lowest BCUT2D eigenvalue weighted by molar-refractivity contribution is 0.0454. The molecular weight excluding hydrogens is 226 g/mol. The van der Waals surface area contributed by atoms with Crippen LogP contribution in [0.4, 0.5) is 5.69 Å². The van der Waals surface area contributed by atoms with Crippen LogP contribution in [-0.2, 0) is 9.47 Å². The second-order valence-corrected chi connectivity index (χ2v) is 4.80. The van der Waals surface area contributed by atoms with E-state index in [2.05, 4.69) is 0 Å². The summed E-state index contributed by atoms with van der Waals surface area (Å²) in [4.78, 5) is 12.3. The number of ether oxygens (including phenoxy) is 2. The van der Waals surface area contributed by atoms with Crippen molar-refractivity contribution in [3.63, 3.8) is 0 Å². The van der Waals surface area contributed by atoms with Crippen molar-refractivity contribution in [1.82, 2.24) is 0 Å². The van der Waals surface area contributed by atoms with Gasteiger partial charge in [-0.1, -0.05) is 6.07 Å². The maximum atomic E-state index is 11.6. The first kappa shape index (κ1) is 11.3. The molecular formula is C11H13NO3S. The second-order valence-electron chi connectivity index (χ2n) is 3.49. The molecule has 0 spiro atoms. The number of anilines is 1. The van der Waals surface area contributed by atoms with Gasteiger partial charge in [-0.15, -0.1) is 11.8 Å². The number of esters is 1. The number of hydrogen-bond acceptors (Lipinski definition) is 5. The van der Waals surface area contributed by atoms with Crippen molar-refractivity contribution in [2.45, 2.75) is 10.1 Å². The molecule has 1 saturated heterocycles. The first-order valence-corrected chi connectivity index (χ1v) is 5.81. The second kappa shape index (κ2) is 4.76. The fraction of sp³-hybridized carbons (Fsp3) is 0.364. The average Bonchev–Trinajstić information content (AvgIpc) is 2.23. The van der Waals surface area contributed by atoms with Crippen molar-refractivity contribution in [3.8, 4) is 0 Å². The van der Waals surface area contributed by atoms with E-state index in [-0.39, 0.29) is 5.97 Å². The smallest absolute Gasteiger partial charge is 0.339 e. The maximum Gasteiger partial charge on any atom is 0.339 e. The largest absolute Gasteiger partial charge is 0.465 e. The van der Waals surface area contributed by atoms with Gasteiger partial charge in [0.1, 0.15) is 0 Å². The van der Waals surface area contributed by atoms with E-state index in [0.717, 1.165) is 4.90 Å². The van der Waals surface area contributed by atoms with E-state index in [1.165, 1.54) is 7.11 Å². The summed E-state index contributed by atoms with van der Waals surface area (Å²) in [6.45, 7) is 1.42. The average molecular weight is 239 g/mol. The third-order valence-electron chi connectivity index (χ3n) is 2.34. The number of thioether (sulfide) groups is 1. The third kappa shape index (κ3) is 2.15. The molecule has 1 aromatic rings. The summed E-state index contributed by atoms with van der Waals surface area (Å²) < 4.78 is 9.82. The first-order chi connectivity index (χ1) is 7.72. The molecule has 1 heterocycles. The number of methoxy groups -OCH3 is 1. The molecule has 0 unspecified atom stereocenters. The lowest BCUT2D eigenvalue weighted by atomic mass is 10.2. The third-order valence-corrected chi connectivity index (χ3v) is 3.64. The van der Waals surface area contributed by atoms with Gasteiger partial charge in [0.05, 0.1) is 31.1 Å². The number of carbonyl (C=O) groups excluding carboxylic acids is 1. The van der Waals surface area contributed by atoms with E-state index >= 15 is 0 Å². The van der Waals surface area contributed by atoms with Gasteiger partial charge in [0.25, 0.3) is 0 Å². The molecule has 0 bridgehead atoms. The van der Waals surface area contributed by atoms with E-state index in [0.29, 0.717) is 29.7 Å². The Morgan fingerprint density at radius 1 is 1.56 bits per heavy atom. The fourth-order valence-corrected chi connectivity index (χ4v) is 2.55. The number of carbonyl (C=O) groups is 1. The van der Waals surface area contributed by atoms with Gasteiger partial charge in [0.2, 0.25) is 0 Å². The Balaban J connectivity index is 2.28. The quantitative estimate of drug-likeness (QED) is 0.640. The molecule has 0 radical (unpaired) electrons. The van der Waals surface area contributed by atoms with Crippen molar-refractivity contribution < 1.29 is 14.3 Å². The molecule has 0 aromatic heterocycles. The summed E-state index contributed by atoms with van der Waals surface area (Å²) in [5, 5.41) is 0.383. The summed E-state index contributed by atoms with van der Waals surface area (Å²) in [6, 6.07) is 5.27. The standard InChI is InChI=1S/C11H13NO3S/c1-14-11(13)8-3-2-4-9(12)10(8)16-7-5-15-6-7/h2-4,7H,5-6,12H2,1H3.